The van der Waals surface area contributed by atoms with E-state index in [4.69, 9.17) is 0 Å². The first kappa shape index (κ1) is 23.4. The van der Waals surface area contributed by atoms with Gasteiger partial charge in [-0.15, -0.1) is 0 Å². The van der Waals surface area contributed by atoms with Gasteiger partial charge in [0.2, 0.25) is 0 Å². The number of rotatable bonds is 6. The SMILES string of the molecule is CC(C)c1cccc(C(C)C)c1NC(=O)N(C)CC1(c2cn(C)c3ccccc23)CCCC1. The summed E-state index contributed by atoms with van der Waals surface area (Å²) in [6.45, 7) is 9.48. The van der Waals surface area contributed by atoms with Crippen LogP contribution in [0.4, 0.5) is 10.5 Å². The highest BCUT2D eigenvalue weighted by Gasteiger charge is 2.39. The summed E-state index contributed by atoms with van der Waals surface area (Å²) in [6.07, 6.45) is 6.97. The summed E-state index contributed by atoms with van der Waals surface area (Å²) < 4.78 is 2.23. The minimum absolute atomic E-state index is 0.00535. The maximum atomic E-state index is 13.5. The number of para-hydroxylation sites is 2. The molecule has 1 aromatic heterocycles. The zero-order valence-electron chi connectivity index (χ0n) is 21.1. The first-order valence-corrected chi connectivity index (χ1v) is 12.4. The fraction of sp³-hybridized carbons (Fsp3) is 0.483. The number of carbonyl (C=O) groups excluding carboxylic acids is 1. The van der Waals surface area contributed by atoms with Gasteiger partial charge < -0.3 is 14.8 Å². The summed E-state index contributed by atoms with van der Waals surface area (Å²) in [4.78, 5) is 15.4. The van der Waals surface area contributed by atoms with Gasteiger partial charge in [-0.2, -0.15) is 0 Å². The third-order valence-electron chi connectivity index (χ3n) is 7.52. The highest BCUT2D eigenvalue weighted by atomic mass is 16.2. The van der Waals surface area contributed by atoms with Crippen molar-refractivity contribution in [2.75, 3.05) is 18.9 Å². The number of benzene rings is 2. The zero-order valence-corrected chi connectivity index (χ0v) is 21.1. The largest absolute Gasteiger partial charge is 0.350 e. The van der Waals surface area contributed by atoms with Gasteiger partial charge in [0.05, 0.1) is 0 Å². The number of aryl methyl sites for hydroxylation is 1. The molecule has 0 spiro atoms. The van der Waals surface area contributed by atoms with Crippen LogP contribution < -0.4 is 5.32 Å². The molecule has 1 N–H and O–H groups in total. The maximum Gasteiger partial charge on any atom is 0.321 e. The molecule has 4 nitrogen and oxygen atoms in total. The fourth-order valence-electron chi connectivity index (χ4n) is 5.75. The molecule has 1 aliphatic carbocycles. The second kappa shape index (κ2) is 9.24. The van der Waals surface area contributed by atoms with E-state index in [1.807, 2.05) is 11.9 Å². The van der Waals surface area contributed by atoms with Crippen LogP contribution in [0.25, 0.3) is 10.9 Å². The van der Waals surface area contributed by atoms with E-state index in [0.29, 0.717) is 11.8 Å². The first-order valence-electron chi connectivity index (χ1n) is 12.4. The van der Waals surface area contributed by atoms with Crippen LogP contribution in [0.1, 0.15) is 81.9 Å². The molecule has 176 valence electrons. The van der Waals surface area contributed by atoms with Crippen molar-refractivity contribution < 1.29 is 4.79 Å². The second-order valence-corrected chi connectivity index (χ2v) is 10.6. The number of fused-ring (bicyclic) bond motifs is 1. The molecule has 0 radical (unpaired) electrons. The van der Waals surface area contributed by atoms with Crippen LogP contribution in [0.2, 0.25) is 0 Å². The van der Waals surface area contributed by atoms with Crippen LogP contribution in [0.3, 0.4) is 0 Å². The molecule has 2 aromatic carbocycles. The van der Waals surface area contributed by atoms with E-state index in [0.717, 1.165) is 25.1 Å². The highest BCUT2D eigenvalue weighted by molar-refractivity contribution is 5.91. The van der Waals surface area contributed by atoms with Crippen molar-refractivity contribution in [1.29, 1.82) is 0 Å². The first-order chi connectivity index (χ1) is 15.7. The quantitative estimate of drug-likeness (QED) is 0.422. The Labute approximate surface area is 199 Å². The molecular weight excluding hydrogens is 406 g/mol. The molecule has 0 unspecified atom stereocenters. The van der Waals surface area contributed by atoms with Crippen molar-refractivity contribution >= 4 is 22.6 Å². The molecule has 1 aliphatic rings. The number of amides is 2. The van der Waals surface area contributed by atoms with Crippen molar-refractivity contribution in [3.63, 3.8) is 0 Å². The number of hydrogen-bond donors (Lipinski definition) is 1. The Hall–Kier alpha value is -2.75. The maximum absolute atomic E-state index is 13.5. The summed E-state index contributed by atoms with van der Waals surface area (Å²) in [5.74, 6) is 0.697. The number of nitrogens with one attached hydrogen (secondary N) is 1. The van der Waals surface area contributed by atoms with E-state index in [9.17, 15) is 4.79 Å². The van der Waals surface area contributed by atoms with E-state index in [2.05, 4.69) is 93.3 Å². The fourth-order valence-corrected chi connectivity index (χ4v) is 5.75. The Bertz CT molecular complexity index is 1110. The normalized spacial score (nSPS) is 15.5. The van der Waals surface area contributed by atoms with Crippen LogP contribution >= 0.6 is 0 Å². The van der Waals surface area contributed by atoms with Gasteiger partial charge in [0.1, 0.15) is 0 Å². The molecule has 4 rings (SSSR count). The van der Waals surface area contributed by atoms with Crippen LogP contribution in [0.15, 0.2) is 48.7 Å². The van der Waals surface area contributed by atoms with E-state index < -0.39 is 0 Å². The topological polar surface area (TPSA) is 37.3 Å². The second-order valence-electron chi connectivity index (χ2n) is 10.6. The number of likely N-dealkylation sites (N-methyl/N-ethyl adjacent to an activating group) is 1. The van der Waals surface area contributed by atoms with Crippen LogP contribution in [-0.4, -0.2) is 29.1 Å². The molecule has 0 aliphatic heterocycles. The lowest BCUT2D eigenvalue weighted by molar-refractivity contribution is 0.207. The standard InChI is InChI=1S/C29H39N3O/c1-20(2)22-13-11-14-23(21(3)4)27(22)30-28(33)32(6)19-29(16-9-10-17-29)25-18-31(5)26-15-8-7-12-24(25)26/h7-8,11-15,18,20-21H,9-10,16-17,19H2,1-6H3,(H,30,33). The number of urea groups is 1. The molecule has 4 heteroatoms. The van der Waals surface area contributed by atoms with Gasteiger partial charge in [-0.1, -0.05) is 76.9 Å². The third kappa shape index (κ3) is 4.40. The smallest absolute Gasteiger partial charge is 0.321 e. The molecule has 1 fully saturated rings. The van der Waals surface area contributed by atoms with Gasteiger partial charge in [0, 0.05) is 48.8 Å². The van der Waals surface area contributed by atoms with Gasteiger partial charge in [-0.25, -0.2) is 4.79 Å². The Morgan fingerprint density at radius 3 is 2.21 bits per heavy atom. The number of anilines is 1. The van der Waals surface area contributed by atoms with Crippen molar-refractivity contribution in [1.82, 2.24) is 9.47 Å². The molecule has 2 amide bonds. The van der Waals surface area contributed by atoms with Crippen molar-refractivity contribution in [2.45, 2.75) is 70.6 Å². The Balaban J connectivity index is 1.63. The van der Waals surface area contributed by atoms with E-state index in [-0.39, 0.29) is 11.4 Å². The molecule has 0 bridgehead atoms. The van der Waals surface area contributed by atoms with E-state index >= 15 is 0 Å². The van der Waals surface area contributed by atoms with Crippen molar-refractivity contribution in [3.05, 3.63) is 65.4 Å². The van der Waals surface area contributed by atoms with Gasteiger partial charge in [0.15, 0.2) is 0 Å². The van der Waals surface area contributed by atoms with Gasteiger partial charge in [-0.05, 0) is 47.4 Å². The predicted molar refractivity (Wildman–Crippen MR) is 139 cm³/mol. The van der Waals surface area contributed by atoms with Gasteiger partial charge in [0.25, 0.3) is 0 Å². The van der Waals surface area contributed by atoms with Crippen LogP contribution in [0, 0.1) is 0 Å². The Kier molecular flexibility index (Phi) is 6.56. The lowest BCUT2D eigenvalue weighted by Gasteiger charge is -2.34. The van der Waals surface area contributed by atoms with E-state index in [1.165, 1.54) is 40.4 Å². The summed E-state index contributed by atoms with van der Waals surface area (Å²) >= 11 is 0. The minimum atomic E-state index is -0.0171. The summed E-state index contributed by atoms with van der Waals surface area (Å²) in [6, 6.07) is 15.0. The van der Waals surface area contributed by atoms with Crippen LogP contribution in [-0.2, 0) is 12.5 Å². The third-order valence-corrected chi connectivity index (χ3v) is 7.52. The molecule has 3 aromatic rings. The zero-order chi connectivity index (χ0) is 23.8. The van der Waals surface area contributed by atoms with E-state index in [1.54, 1.807) is 0 Å². The lowest BCUT2D eigenvalue weighted by atomic mass is 9.78. The van der Waals surface area contributed by atoms with Gasteiger partial charge >= 0.3 is 6.03 Å². The number of nitrogens with zero attached hydrogens (tertiary/aromatic N) is 2. The molecule has 0 atom stereocenters. The minimum Gasteiger partial charge on any atom is -0.350 e. The van der Waals surface area contributed by atoms with Crippen molar-refractivity contribution in [3.8, 4) is 0 Å². The molecule has 1 saturated carbocycles. The van der Waals surface area contributed by atoms with Crippen LogP contribution in [0.5, 0.6) is 0 Å². The summed E-state index contributed by atoms with van der Waals surface area (Å²) in [5, 5.41) is 4.63. The number of hydrogen-bond acceptors (Lipinski definition) is 1. The lowest BCUT2D eigenvalue weighted by Crippen LogP contribution is -2.42. The average Bonchev–Trinajstić information content (AvgIpc) is 3.39. The summed E-state index contributed by atoms with van der Waals surface area (Å²) in [5.41, 5.74) is 6.05. The highest BCUT2D eigenvalue weighted by Crippen LogP contribution is 2.45. The summed E-state index contributed by atoms with van der Waals surface area (Å²) in [7, 11) is 4.08. The Morgan fingerprint density at radius 2 is 1.61 bits per heavy atom. The monoisotopic (exact) mass is 445 g/mol. The molecule has 33 heavy (non-hydrogen) atoms. The molecule has 0 saturated heterocycles. The van der Waals surface area contributed by atoms with Crippen molar-refractivity contribution in [2.24, 2.45) is 7.05 Å². The number of aromatic nitrogens is 1. The van der Waals surface area contributed by atoms with Gasteiger partial charge in [-0.3, -0.25) is 0 Å². The Morgan fingerprint density at radius 1 is 1.00 bits per heavy atom. The molecule has 1 heterocycles. The molecular formula is C29H39N3O. The average molecular weight is 446 g/mol. The number of carbonyl (C=O) groups is 1. The predicted octanol–water partition coefficient (Wildman–Crippen LogP) is 7.40.